The highest BCUT2D eigenvalue weighted by Crippen LogP contribution is 2.31. The number of amides is 2. The Bertz CT molecular complexity index is 1120. The third kappa shape index (κ3) is 4.02. The number of ether oxygens (including phenoxy) is 1. The lowest BCUT2D eigenvalue weighted by Crippen LogP contribution is -2.15. The summed E-state index contributed by atoms with van der Waals surface area (Å²) >= 11 is 6.11. The number of carbonyl (C=O) groups is 2. The molecule has 0 bridgehead atoms. The summed E-state index contributed by atoms with van der Waals surface area (Å²) in [4.78, 5) is 28.5. The summed E-state index contributed by atoms with van der Waals surface area (Å²) in [5.41, 5.74) is 9.91. The molecule has 3 aromatic rings. The van der Waals surface area contributed by atoms with Gasteiger partial charge in [0.25, 0.3) is 5.91 Å². The van der Waals surface area contributed by atoms with Gasteiger partial charge in [-0.15, -0.1) is 0 Å². The molecule has 8 nitrogen and oxygen atoms in total. The number of nitrogens with one attached hydrogen (secondary N) is 1. The minimum Gasteiger partial charge on any atom is -0.495 e. The number of fused-ring (bicyclic) bond motifs is 1. The zero-order valence-electron chi connectivity index (χ0n) is 16.7. The first-order chi connectivity index (χ1) is 13.7. The van der Waals surface area contributed by atoms with E-state index < -0.39 is 5.91 Å². The lowest BCUT2D eigenvalue weighted by atomic mass is 10.1. The van der Waals surface area contributed by atoms with Crippen molar-refractivity contribution >= 4 is 34.7 Å². The van der Waals surface area contributed by atoms with E-state index in [9.17, 15) is 9.59 Å². The number of hydrogen-bond acceptors (Lipinski definition) is 5. The first kappa shape index (κ1) is 20.6. The van der Waals surface area contributed by atoms with E-state index >= 15 is 0 Å². The van der Waals surface area contributed by atoms with Crippen LogP contribution >= 0.6 is 11.6 Å². The zero-order chi connectivity index (χ0) is 21.3. The second kappa shape index (κ2) is 8.08. The fourth-order valence-corrected chi connectivity index (χ4v) is 3.38. The topological polar surface area (TPSA) is 112 Å². The van der Waals surface area contributed by atoms with Crippen molar-refractivity contribution in [2.45, 2.75) is 33.6 Å². The van der Waals surface area contributed by atoms with Crippen LogP contribution in [0.3, 0.4) is 0 Å². The summed E-state index contributed by atoms with van der Waals surface area (Å²) in [5.74, 6) is -0.243. The highest BCUT2D eigenvalue weighted by atomic mass is 35.5. The Morgan fingerprint density at radius 2 is 2.00 bits per heavy atom. The molecule has 3 rings (SSSR count). The van der Waals surface area contributed by atoms with Crippen LogP contribution in [0.4, 0.5) is 5.69 Å². The Hall–Kier alpha value is -3.13. The van der Waals surface area contributed by atoms with E-state index in [-0.39, 0.29) is 17.9 Å². The highest BCUT2D eigenvalue weighted by molar-refractivity contribution is 6.31. The number of anilines is 1. The van der Waals surface area contributed by atoms with E-state index in [0.29, 0.717) is 28.5 Å². The first-order valence-corrected chi connectivity index (χ1v) is 9.38. The standard InChI is InChI=1S/C20H22ClN5O3/c1-10-7-16(17(29-4)8-15(10)21)25-18(27)6-5-13-11(2)24-20-14(19(22)28)9-23-26(20)12(13)3/h7-9H,5-6H2,1-4H3,(H2,22,28)(H,25,27). The van der Waals surface area contributed by atoms with Gasteiger partial charge in [0.15, 0.2) is 5.65 Å². The van der Waals surface area contributed by atoms with Crippen molar-refractivity contribution in [3.63, 3.8) is 0 Å². The Balaban J connectivity index is 1.80. The van der Waals surface area contributed by atoms with Crippen molar-refractivity contribution in [2.75, 3.05) is 12.4 Å². The molecule has 152 valence electrons. The van der Waals surface area contributed by atoms with Crippen LogP contribution in [-0.2, 0) is 11.2 Å². The molecule has 0 saturated carbocycles. The maximum absolute atomic E-state index is 12.5. The fraction of sp³-hybridized carbons (Fsp3) is 0.300. The van der Waals surface area contributed by atoms with Gasteiger partial charge in [-0.1, -0.05) is 11.6 Å². The third-order valence-corrected chi connectivity index (χ3v) is 5.24. The van der Waals surface area contributed by atoms with Crippen LogP contribution in [0.15, 0.2) is 18.3 Å². The normalized spacial score (nSPS) is 10.9. The average Bonchev–Trinajstić information content (AvgIpc) is 3.08. The van der Waals surface area contributed by atoms with Crippen LogP contribution < -0.4 is 15.8 Å². The van der Waals surface area contributed by atoms with Crippen molar-refractivity contribution in [1.82, 2.24) is 14.6 Å². The molecule has 0 saturated heterocycles. The number of rotatable bonds is 6. The lowest BCUT2D eigenvalue weighted by Gasteiger charge is -2.14. The van der Waals surface area contributed by atoms with Gasteiger partial charge in [-0.3, -0.25) is 9.59 Å². The van der Waals surface area contributed by atoms with Crippen LogP contribution in [-0.4, -0.2) is 33.5 Å². The quantitative estimate of drug-likeness (QED) is 0.642. The van der Waals surface area contributed by atoms with Crippen LogP contribution in [0.25, 0.3) is 5.65 Å². The number of aryl methyl sites for hydroxylation is 3. The smallest absolute Gasteiger partial charge is 0.254 e. The Morgan fingerprint density at radius 1 is 1.28 bits per heavy atom. The predicted molar refractivity (Wildman–Crippen MR) is 111 cm³/mol. The molecular weight excluding hydrogens is 394 g/mol. The van der Waals surface area contributed by atoms with Gasteiger partial charge in [-0.25, -0.2) is 9.50 Å². The molecule has 2 aromatic heterocycles. The van der Waals surface area contributed by atoms with Gasteiger partial charge < -0.3 is 15.8 Å². The van der Waals surface area contributed by atoms with E-state index in [1.807, 2.05) is 20.8 Å². The number of carbonyl (C=O) groups excluding carboxylic acids is 2. The number of halogens is 1. The minimum atomic E-state index is -0.578. The minimum absolute atomic E-state index is 0.165. The monoisotopic (exact) mass is 415 g/mol. The van der Waals surface area contributed by atoms with Gasteiger partial charge in [0.1, 0.15) is 11.3 Å². The zero-order valence-corrected chi connectivity index (χ0v) is 17.4. The van der Waals surface area contributed by atoms with Gasteiger partial charge in [0, 0.05) is 28.9 Å². The molecule has 0 aliphatic rings. The summed E-state index contributed by atoms with van der Waals surface area (Å²) in [6.07, 6.45) is 2.11. The first-order valence-electron chi connectivity index (χ1n) is 9.00. The molecule has 3 N–H and O–H groups in total. The van der Waals surface area contributed by atoms with Gasteiger partial charge in [-0.2, -0.15) is 5.10 Å². The number of aromatic nitrogens is 3. The van der Waals surface area contributed by atoms with Gasteiger partial charge in [-0.05, 0) is 44.4 Å². The molecule has 1 aromatic carbocycles. The second-order valence-corrected chi connectivity index (χ2v) is 7.18. The SMILES string of the molecule is COc1cc(Cl)c(C)cc1NC(=O)CCc1c(C)nc2c(C(N)=O)cnn2c1C. The van der Waals surface area contributed by atoms with Crippen LogP contribution in [0.2, 0.25) is 5.02 Å². The van der Waals surface area contributed by atoms with E-state index in [4.69, 9.17) is 22.1 Å². The molecular formula is C20H22ClN5O3. The molecule has 2 amide bonds. The number of benzene rings is 1. The number of nitrogens with zero attached hydrogens (tertiary/aromatic N) is 3. The van der Waals surface area contributed by atoms with E-state index in [2.05, 4.69) is 15.4 Å². The summed E-state index contributed by atoms with van der Waals surface area (Å²) < 4.78 is 6.87. The highest BCUT2D eigenvalue weighted by Gasteiger charge is 2.17. The Labute approximate surface area is 173 Å². The maximum Gasteiger partial charge on any atom is 0.254 e. The van der Waals surface area contributed by atoms with Gasteiger partial charge in [0.2, 0.25) is 5.91 Å². The van der Waals surface area contributed by atoms with Gasteiger partial charge in [0.05, 0.1) is 19.0 Å². The molecule has 0 radical (unpaired) electrons. The molecule has 0 atom stereocenters. The van der Waals surface area contributed by atoms with Crippen molar-refractivity contribution in [2.24, 2.45) is 5.73 Å². The fourth-order valence-electron chi connectivity index (χ4n) is 3.23. The van der Waals surface area contributed by atoms with Crippen molar-refractivity contribution < 1.29 is 14.3 Å². The van der Waals surface area contributed by atoms with Crippen LogP contribution in [0.5, 0.6) is 5.75 Å². The maximum atomic E-state index is 12.5. The molecule has 0 unspecified atom stereocenters. The number of nitrogens with two attached hydrogens (primary N) is 1. The molecule has 2 heterocycles. The molecule has 0 fully saturated rings. The molecule has 29 heavy (non-hydrogen) atoms. The Kier molecular flexibility index (Phi) is 5.74. The van der Waals surface area contributed by atoms with E-state index in [0.717, 1.165) is 22.5 Å². The molecule has 0 spiro atoms. The molecule has 0 aliphatic carbocycles. The number of hydrogen-bond donors (Lipinski definition) is 2. The third-order valence-electron chi connectivity index (χ3n) is 4.83. The van der Waals surface area contributed by atoms with E-state index in [1.54, 1.807) is 16.6 Å². The molecule has 0 aliphatic heterocycles. The Morgan fingerprint density at radius 3 is 2.66 bits per heavy atom. The van der Waals surface area contributed by atoms with Crippen molar-refractivity contribution in [3.8, 4) is 5.75 Å². The number of methoxy groups -OCH3 is 1. The summed E-state index contributed by atoms with van der Waals surface area (Å²) in [6.45, 7) is 5.57. The molecule has 9 heteroatoms. The largest absolute Gasteiger partial charge is 0.495 e. The van der Waals surface area contributed by atoms with Crippen LogP contribution in [0, 0.1) is 20.8 Å². The van der Waals surface area contributed by atoms with Gasteiger partial charge >= 0.3 is 0 Å². The van der Waals surface area contributed by atoms with E-state index in [1.165, 1.54) is 13.3 Å². The summed E-state index contributed by atoms with van der Waals surface area (Å²) in [7, 11) is 1.52. The van der Waals surface area contributed by atoms with Crippen LogP contribution in [0.1, 0.15) is 39.3 Å². The van der Waals surface area contributed by atoms with Crippen molar-refractivity contribution in [3.05, 3.63) is 51.4 Å². The second-order valence-electron chi connectivity index (χ2n) is 6.77. The lowest BCUT2D eigenvalue weighted by molar-refractivity contribution is -0.116. The van der Waals surface area contributed by atoms with Crippen molar-refractivity contribution in [1.29, 1.82) is 0 Å². The average molecular weight is 416 g/mol. The number of primary amides is 1. The summed E-state index contributed by atoms with van der Waals surface area (Å²) in [5, 5.41) is 7.64. The predicted octanol–water partition coefficient (Wildman–Crippen LogP) is 2.99. The summed E-state index contributed by atoms with van der Waals surface area (Å²) in [6, 6.07) is 3.45.